The fourth-order valence-electron chi connectivity index (χ4n) is 4.79. The lowest BCUT2D eigenvalue weighted by Crippen LogP contribution is -2.37. The van der Waals surface area contributed by atoms with E-state index in [0.717, 1.165) is 30.5 Å². The Bertz CT molecular complexity index is 1180. The van der Waals surface area contributed by atoms with Crippen molar-refractivity contribution < 1.29 is 14.3 Å². The molecule has 1 aliphatic rings. The standard InChI is InChI=1S/C28H33N3O3/c1-5-10-26(32)34-25-14-13-19(6-2)15-23(25)30-27(33)22-18-29-31-24(22)16-21(17-28(31,3)4)20-11-8-7-9-12-20/h7-9,11-15,18,21H,5-6,10,16-17H2,1-4H3,(H,30,33)/t21-/m0/s1. The molecule has 2 heterocycles. The molecule has 3 aromatic rings. The van der Waals surface area contributed by atoms with E-state index in [9.17, 15) is 9.59 Å². The summed E-state index contributed by atoms with van der Waals surface area (Å²) in [6, 6.07) is 16.0. The highest BCUT2D eigenvalue weighted by Gasteiger charge is 2.36. The van der Waals surface area contributed by atoms with Gasteiger partial charge < -0.3 is 10.1 Å². The first kappa shape index (κ1) is 23.7. The molecule has 0 fully saturated rings. The highest BCUT2D eigenvalue weighted by Crippen LogP contribution is 2.40. The van der Waals surface area contributed by atoms with Gasteiger partial charge in [-0.15, -0.1) is 0 Å². The second kappa shape index (κ2) is 9.84. The summed E-state index contributed by atoms with van der Waals surface area (Å²) in [4.78, 5) is 25.6. The first-order chi connectivity index (χ1) is 16.3. The van der Waals surface area contributed by atoms with Crippen molar-refractivity contribution in [2.24, 2.45) is 0 Å². The van der Waals surface area contributed by atoms with Gasteiger partial charge in [-0.25, -0.2) is 0 Å². The van der Waals surface area contributed by atoms with E-state index in [1.165, 1.54) is 5.56 Å². The number of fused-ring (bicyclic) bond motifs is 1. The summed E-state index contributed by atoms with van der Waals surface area (Å²) in [5, 5.41) is 7.60. The average Bonchev–Trinajstić information content (AvgIpc) is 3.26. The van der Waals surface area contributed by atoms with E-state index in [4.69, 9.17) is 4.74 Å². The number of aromatic nitrogens is 2. The molecule has 1 atom stereocenters. The average molecular weight is 460 g/mol. The van der Waals surface area contributed by atoms with E-state index < -0.39 is 0 Å². The third-order valence-corrected chi connectivity index (χ3v) is 6.52. The maximum atomic E-state index is 13.5. The van der Waals surface area contributed by atoms with Crippen LogP contribution in [0.25, 0.3) is 0 Å². The summed E-state index contributed by atoms with van der Waals surface area (Å²) >= 11 is 0. The Labute approximate surface area is 201 Å². The molecular weight excluding hydrogens is 426 g/mol. The molecule has 0 aliphatic carbocycles. The number of nitrogens with zero attached hydrogens (tertiary/aromatic N) is 2. The van der Waals surface area contributed by atoms with Crippen LogP contribution >= 0.6 is 0 Å². The quantitative estimate of drug-likeness (QED) is 0.354. The predicted molar refractivity (Wildman–Crippen MR) is 133 cm³/mol. The molecule has 6 heteroatoms. The van der Waals surface area contributed by atoms with Gasteiger partial charge in [0.05, 0.1) is 28.7 Å². The van der Waals surface area contributed by atoms with Crippen molar-refractivity contribution in [2.75, 3.05) is 5.32 Å². The molecule has 6 nitrogen and oxygen atoms in total. The number of ether oxygens (including phenoxy) is 1. The maximum Gasteiger partial charge on any atom is 0.311 e. The molecule has 0 saturated carbocycles. The minimum Gasteiger partial charge on any atom is -0.424 e. The van der Waals surface area contributed by atoms with E-state index in [-0.39, 0.29) is 17.4 Å². The molecule has 1 amide bonds. The lowest BCUT2D eigenvalue weighted by atomic mass is 9.79. The molecule has 1 aliphatic heterocycles. The minimum atomic E-state index is -0.308. The fourth-order valence-corrected chi connectivity index (χ4v) is 4.79. The van der Waals surface area contributed by atoms with E-state index in [0.29, 0.717) is 35.8 Å². The predicted octanol–water partition coefficient (Wildman–Crippen LogP) is 5.87. The van der Waals surface area contributed by atoms with Crippen LogP contribution in [0.1, 0.15) is 80.1 Å². The molecule has 1 N–H and O–H groups in total. The van der Waals surface area contributed by atoms with Crippen LogP contribution in [0, 0.1) is 0 Å². The molecule has 178 valence electrons. The van der Waals surface area contributed by atoms with Crippen molar-refractivity contribution in [3.8, 4) is 5.75 Å². The van der Waals surface area contributed by atoms with Crippen molar-refractivity contribution >= 4 is 17.6 Å². The maximum absolute atomic E-state index is 13.5. The highest BCUT2D eigenvalue weighted by atomic mass is 16.5. The molecule has 0 radical (unpaired) electrons. The summed E-state index contributed by atoms with van der Waals surface area (Å²) in [6.07, 6.45) is 5.19. The Morgan fingerprint density at radius 2 is 1.91 bits per heavy atom. The number of rotatable bonds is 7. The zero-order chi connectivity index (χ0) is 24.3. The molecule has 0 spiro atoms. The van der Waals surface area contributed by atoms with Crippen LogP contribution in [0.5, 0.6) is 5.75 Å². The number of hydrogen-bond acceptors (Lipinski definition) is 4. The summed E-state index contributed by atoms with van der Waals surface area (Å²) in [7, 11) is 0. The van der Waals surface area contributed by atoms with Gasteiger partial charge in [-0.2, -0.15) is 5.10 Å². The summed E-state index contributed by atoms with van der Waals surface area (Å²) < 4.78 is 7.54. The van der Waals surface area contributed by atoms with Crippen molar-refractivity contribution in [1.82, 2.24) is 9.78 Å². The number of anilines is 1. The van der Waals surface area contributed by atoms with Crippen LogP contribution < -0.4 is 10.1 Å². The van der Waals surface area contributed by atoms with Gasteiger partial charge in [0.15, 0.2) is 5.75 Å². The van der Waals surface area contributed by atoms with E-state index in [1.807, 2.05) is 36.7 Å². The third kappa shape index (κ3) is 4.91. The second-order valence-corrected chi connectivity index (χ2v) is 9.61. The van der Waals surface area contributed by atoms with Crippen LogP contribution in [-0.2, 0) is 23.2 Å². The number of hydrogen-bond donors (Lipinski definition) is 1. The number of benzene rings is 2. The minimum absolute atomic E-state index is 0.213. The van der Waals surface area contributed by atoms with Gasteiger partial charge in [0, 0.05) is 6.42 Å². The normalized spacial score (nSPS) is 16.5. The summed E-state index contributed by atoms with van der Waals surface area (Å²) in [5.41, 5.74) is 4.10. The highest BCUT2D eigenvalue weighted by molar-refractivity contribution is 6.06. The number of esters is 1. The van der Waals surface area contributed by atoms with Gasteiger partial charge in [-0.1, -0.05) is 50.2 Å². The van der Waals surface area contributed by atoms with Crippen molar-refractivity contribution in [3.05, 3.63) is 77.1 Å². The molecule has 2 aromatic carbocycles. The Morgan fingerprint density at radius 1 is 1.15 bits per heavy atom. The Kier molecular flexibility index (Phi) is 6.87. The molecule has 0 unspecified atom stereocenters. The van der Waals surface area contributed by atoms with Gasteiger partial charge in [0.1, 0.15) is 0 Å². The topological polar surface area (TPSA) is 73.2 Å². The fraction of sp³-hybridized carbons (Fsp3) is 0.393. The lowest BCUT2D eigenvalue weighted by Gasteiger charge is -2.37. The van der Waals surface area contributed by atoms with Crippen LogP contribution in [0.2, 0.25) is 0 Å². The third-order valence-electron chi connectivity index (χ3n) is 6.52. The second-order valence-electron chi connectivity index (χ2n) is 9.61. The first-order valence-electron chi connectivity index (χ1n) is 12.1. The Morgan fingerprint density at radius 3 is 2.62 bits per heavy atom. The van der Waals surface area contributed by atoms with Crippen molar-refractivity contribution in [2.45, 2.75) is 71.3 Å². The van der Waals surface area contributed by atoms with Crippen molar-refractivity contribution in [3.63, 3.8) is 0 Å². The Hall–Kier alpha value is -3.41. The number of nitrogens with one attached hydrogen (secondary N) is 1. The zero-order valence-electron chi connectivity index (χ0n) is 20.4. The molecular formula is C28H33N3O3. The van der Waals surface area contributed by atoms with Crippen LogP contribution in [-0.4, -0.2) is 21.7 Å². The first-order valence-corrected chi connectivity index (χ1v) is 12.1. The molecule has 0 saturated heterocycles. The van der Waals surface area contributed by atoms with E-state index in [2.05, 4.69) is 48.5 Å². The lowest BCUT2D eigenvalue weighted by molar-refractivity contribution is -0.134. The van der Waals surface area contributed by atoms with Gasteiger partial charge in [0.25, 0.3) is 5.91 Å². The largest absolute Gasteiger partial charge is 0.424 e. The summed E-state index contributed by atoms with van der Waals surface area (Å²) in [6.45, 7) is 8.30. The molecule has 4 rings (SSSR count). The number of carbonyl (C=O) groups excluding carboxylic acids is 2. The Balaban J connectivity index is 1.64. The SMILES string of the molecule is CCCC(=O)Oc1ccc(CC)cc1NC(=O)c1cnn2c1C[C@H](c1ccccc1)CC2(C)C. The number of aryl methyl sites for hydroxylation is 1. The van der Waals surface area contributed by atoms with E-state index in [1.54, 1.807) is 12.3 Å². The number of carbonyl (C=O) groups is 2. The van der Waals surface area contributed by atoms with Crippen LogP contribution in [0.15, 0.2) is 54.7 Å². The number of amides is 1. The molecule has 0 bridgehead atoms. The van der Waals surface area contributed by atoms with Crippen molar-refractivity contribution in [1.29, 1.82) is 0 Å². The zero-order valence-corrected chi connectivity index (χ0v) is 20.4. The molecule has 1 aromatic heterocycles. The smallest absolute Gasteiger partial charge is 0.311 e. The summed E-state index contributed by atoms with van der Waals surface area (Å²) in [5.74, 6) is 0.123. The van der Waals surface area contributed by atoms with Crippen LogP contribution in [0.4, 0.5) is 5.69 Å². The van der Waals surface area contributed by atoms with E-state index >= 15 is 0 Å². The van der Waals surface area contributed by atoms with Gasteiger partial charge >= 0.3 is 5.97 Å². The molecule has 34 heavy (non-hydrogen) atoms. The monoisotopic (exact) mass is 459 g/mol. The van der Waals surface area contributed by atoms with Gasteiger partial charge in [-0.05, 0) is 68.7 Å². The van der Waals surface area contributed by atoms with Gasteiger partial charge in [-0.3, -0.25) is 14.3 Å². The van der Waals surface area contributed by atoms with Gasteiger partial charge in [0.2, 0.25) is 0 Å². The van der Waals surface area contributed by atoms with Crippen LogP contribution in [0.3, 0.4) is 0 Å².